The maximum absolute atomic E-state index is 12.7. The zero-order valence-corrected chi connectivity index (χ0v) is 34.0. The lowest BCUT2D eigenvalue weighted by molar-refractivity contribution is -0.150. The van der Waals surface area contributed by atoms with E-state index in [1.54, 1.807) is 0 Å². The van der Waals surface area contributed by atoms with E-state index < -0.39 is 12.0 Å². The third-order valence-electron chi connectivity index (χ3n) is 10.4. The van der Waals surface area contributed by atoms with Crippen LogP contribution in [-0.2, 0) is 19.1 Å². The van der Waals surface area contributed by atoms with Crippen LogP contribution in [0, 0.1) is 0 Å². The number of nitrogens with two attached hydrogens (primary N) is 1. The molecule has 0 rings (SSSR count). The molecule has 0 aliphatic heterocycles. The van der Waals surface area contributed by atoms with E-state index in [1.165, 1.54) is 148 Å². The molecule has 0 aromatic rings. The molecule has 0 heterocycles. The summed E-state index contributed by atoms with van der Waals surface area (Å²) in [7, 11) is 0. The number of hydrogen-bond acceptors (Lipinski definition) is 5. The van der Waals surface area contributed by atoms with Gasteiger partial charge in [0.2, 0.25) is 5.91 Å². The number of hydrogen-bond donors (Lipinski definition) is 3. The maximum Gasteiger partial charge on any atom is 0.326 e. The number of ether oxygens (including phenoxy) is 1. The molecule has 302 valence electrons. The van der Waals surface area contributed by atoms with Crippen LogP contribution in [0.3, 0.4) is 0 Å². The topological polar surface area (TPSA) is 119 Å². The summed E-state index contributed by atoms with van der Waals surface area (Å²) in [5.74, 6) is -1.25. The van der Waals surface area contributed by atoms with Gasteiger partial charge < -0.3 is 20.9 Å². The van der Waals surface area contributed by atoms with Gasteiger partial charge >= 0.3 is 11.9 Å². The van der Waals surface area contributed by atoms with Crippen LogP contribution in [0.15, 0.2) is 0 Å². The molecule has 1 amide bonds. The molecule has 0 spiro atoms. The van der Waals surface area contributed by atoms with Crippen molar-refractivity contribution >= 4 is 17.8 Å². The van der Waals surface area contributed by atoms with Gasteiger partial charge in [-0.3, -0.25) is 9.59 Å². The van der Waals surface area contributed by atoms with Crippen LogP contribution in [-0.4, -0.2) is 41.6 Å². The van der Waals surface area contributed by atoms with Crippen molar-refractivity contribution in [1.29, 1.82) is 0 Å². The largest absolute Gasteiger partial charge is 0.480 e. The molecular weight excluding hydrogens is 636 g/mol. The lowest BCUT2D eigenvalue weighted by atomic mass is 10.0. The molecule has 0 aliphatic rings. The van der Waals surface area contributed by atoms with E-state index in [-0.39, 0.29) is 18.0 Å². The molecule has 0 aromatic carbocycles. The number of esters is 1. The van der Waals surface area contributed by atoms with Gasteiger partial charge in [0.05, 0.1) is 0 Å². The second-order valence-corrected chi connectivity index (χ2v) is 15.5. The van der Waals surface area contributed by atoms with Crippen LogP contribution in [0.25, 0.3) is 0 Å². The quantitative estimate of drug-likeness (QED) is 0.0427. The van der Waals surface area contributed by atoms with Gasteiger partial charge in [0.25, 0.3) is 0 Å². The summed E-state index contributed by atoms with van der Waals surface area (Å²) >= 11 is 0. The highest BCUT2D eigenvalue weighted by atomic mass is 16.5. The maximum atomic E-state index is 12.7. The summed E-state index contributed by atoms with van der Waals surface area (Å²) in [6.45, 7) is 4.92. The Hall–Kier alpha value is -1.63. The molecule has 0 fully saturated rings. The molecule has 0 bridgehead atoms. The number of aliphatic carboxylic acids is 1. The summed E-state index contributed by atoms with van der Waals surface area (Å²) in [4.78, 5) is 36.2. The van der Waals surface area contributed by atoms with Crippen molar-refractivity contribution in [2.24, 2.45) is 5.73 Å². The molecule has 4 N–H and O–H groups in total. The van der Waals surface area contributed by atoms with Crippen LogP contribution < -0.4 is 11.1 Å². The van der Waals surface area contributed by atoms with Crippen LogP contribution >= 0.6 is 0 Å². The normalized spacial score (nSPS) is 12.5. The Morgan fingerprint density at radius 3 is 1.22 bits per heavy atom. The highest BCUT2D eigenvalue weighted by Gasteiger charge is 2.19. The highest BCUT2D eigenvalue weighted by Crippen LogP contribution is 2.19. The van der Waals surface area contributed by atoms with Crippen molar-refractivity contribution in [3.63, 3.8) is 0 Å². The van der Waals surface area contributed by atoms with Gasteiger partial charge in [-0.15, -0.1) is 0 Å². The van der Waals surface area contributed by atoms with E-state index in [4.69, 9.17) is 10.5 Å². The van der Waals surface area contributed by atoms with Crippen LogP contribution in [0.5, 0.6) is 0 Å². The predicted octanol–water partition coefficient (Wildman–Crippen LogP) is 12.5. The number of unbranched alkanes of at least 4 members (excludes halogenated alkanes) is 27. The molecular formula is C44H86N2O5. The fourth-order valence-electron chi connectivity index (χ4n) is 7.04. The summed E-state index contributed by atoms with van der Waals surface area (Å²) in [6, 6.07) is -0.859. The minimum Gasteiger partial charge on any atom is -0.480 e. The fraction of sp³-hybridized carbons (Fsp3) is 0.932. The van der Waals surface area contributed by atoms with Gasteiger partial charge in [0, 0.05) is 12.8 Å². The predicted molar refractivity (Wildman–Crippen MR) is 216 cm³/mol. The molecule has 0 aromatic heterocycles. The molecule has 0 aliphatic carbocycles. The lowest BCUT2D eigenvalue weighted by Gasteiger charge is -2.18. The minimum atomic E-state index is -1.01. The summed E-state index contributed by atoms with van der Waals surface area (Å²) < 4.78 is 5.98. The number of amides is 1. The third-order valence-corrected chi connectivity index (χ3v) is 10.4. The Bertz CT molecular complexity index is 777. The first kappa shape index (κ1) is 49.4. The minimum absolute atomic E-state index is 0.00352. The summed E-state index contributed by atoms with van der Waals surface area (Å²) in [5.41, 5.74) is 5.48. The third kappa shape index (κ3) is 36.5. The van der Waals surface area contributed by atoms with E-state index in [1.807, 2.05) is 0 Å². The summed E-state index contributed by atoms with van der Waals surface area (Å²) in [6.07, 6.45) is 41.8. The second kappa shape index (κ2) is 39.6. The van der Waals surface area contributed by atoms with Crippen molar-refractivity contribution in [3.8, 4) is 0 Å². The Balaban J connectivity index is 3.91. The molecule has 0 saturated heterocycles. The lowest BCUT2D eigenvalue weighted by Crippen LogP contribution is -2.40. The zero-order chi connectivity index (χ0) is 37.5. The Morgan fingerprint density at radius 2 is 0.843 bits per heavy atom. The number of carboxylic acids is 1. The molecule has 51 heavy (non-hydrogen) atoms. The van der Waals surface area contributed by atoms with Crippen molar-refractivity contribution in [2.45, 2.75) is 257 Å². The number of carboxylic acid groups (broad SMARTS) is 1. The molecule has 7 nitrogen and oxygen atoms in total. The van der Waals surface area contributed by atoms with Crippen molar-refractivity contribution in [2.75, 3.05) is 6.54 Å². The molecule has 0 radical (unpaired) electrons. The standard InChI is InChI=1S/C44H86N2O5/c1-3-5-7-9-10-11-12-13-14-15-16-17-18-19-20-21-22-23-24-26-32-38-43(48)51-40(34-29-25-8-6-4-2)35-30-27-28-31-37-42(47)46-41(44(49)50)36-33-39-45/h40-41H,3-39,45H2,1-2H3,(H,46,47)(H,49,50). The molecule has 2 unspecified atom stereocenters. The van der Waals surface area contributed by atoms with E-state index in [9.17, 15) is 19.5 Å². The Kier molecular flexibility index (Phi) is 38.3. The van der Waals surface area contributed by atoms with Crippen molar-refractivity contribution < 1.29 is 24.2 Å². The van der Waals surface area contributed by atoms with Gasteiger partial charge in [-0.2, -0.15) is 0 Å². The molecule has 0 saturated carbocycles. The first-order valence-corrected chi connectivity index (χ1v) is 22.4. The summed E-state index contributed by atoms with van der Waals surface area (Å²) in [5, 5.41) is 11.9. The number of carbonyl (C=O) groups excluding carboxylic acids is 2. The number of rotatable bonds is 41. The first-order valence-electron chi connectivity index (χ1n) is 22.4. The molecule has 2 atom stereocenters. The van der Waals surface area contributed by atoms with Crippen LogP contribution in [0.2, 0.25) is 0 Å². The first-order chi connectivity index (χ1) is 24.9. The van der Waals surface area contributed by atoms with E-state index in [2.05, 4.69) is 19.2 Å². The number of carbonyl (C=O) groups is 3. The van der Waals surface area contributed by atoms with Crippen molar-refractivity contribution in [1.82, 2.24) is 5.32 Å². The SMILES string of the molecule is CCCCCCCCCCCCCCCCCCCCCCCC(=O)OC(CCCCCCC)CCCCCCC(=O)NC(CCCN)C(=O)O. The van der Waals surface area contributed by atoms with Gasteiger partial charge in [0.1, 0.15) is 12.1 Å². The van der Waals surface area contributed by atoms with Crippen molar-refractivity contribution in [3.05, 3.63) is 0 Å². The van der Waals surface area contributed by atoms with Crippen LogP contribution in [0.1, 0.15) is 245 Å². The highest BCUT2D eigenvalue weighted by molar-refractivity contribution is 5.83. The second-order valence-electron chi connectivity index (χ2n) is 15.5. The smallest absolute Gasteiger partial charge is 0.326 e. The van der Waals surface area contributed by atoms with Crippen LogP contribution in [0.4, 0.5) is 0 Å². The fourth-order valence-corrected chi connectivity index (χ4v) is 7.04. The zero-order valence-electron chi connectivity index (χ0n) is 34.0. The van der Waals surface area contributed by atoms with Gasteiger partial charge in [-0.1, -0.05) is 181 Å². The van der Waals surface area contributed by atoms with E-state index in [0.29, 0.717) is 32.2 Å². The van der Waals surface area contributed by atoms with E-state index in [0.717, 1.165) is 57.8 Å². The van der Waals surface area contributed by atoms with Gasteiger partial charge in [-0.25, -0.2) is 4.79 Å². The van der Waals surface area contributed by atoms with E-state index >= 15 is 0 Å². The van der Waals surface area contributed by atoms with Gasteiger partial charge in [-0.05, 0) is 57.9 Å². The average Bonchev–Trinajstić information content (AvgIpc) is 3.11. The molecule has 7 heteroatoms. The monoisotopic (exact) mass is 723 g/mol. The number of nitrogens with one attached hydrogen (secondary N) is 1. The average molecular weight is 723 g/mol. The Labute approximate surface area is 316 Å². The Morgan fingerprint density at radius 1 is 0.490 bits per heavy atom. The van der Waals surface area contributed by atoms with Gasteiger partial charge in [0.15, 0.2) is 0 Å².